The molecule has 1 unspecified atom stereocenters. The van der Waals surface area contributed by atoms with Gasteiger partial charge in [-0.25, -0.2) is 0 Å². The molecule has 0 radical (unpaired) electrons. The first-order valence-electron chi connectivity index (χ1n) is 9.49. The Balaban J connectivity index is 1.82. The van der Waals surface area contributed by atoms with E-state index < -0.39 is 0 Å². The summed E-state index contributed by atoms with van der Waals surface area (Å²) in [5.41, 5.74) is 2.51. The highest BCUT2D eigenvalue weighted by Gasteiger charge is 2.22. The standard InChI is InChI=1S/C22H29NO2/c24-15-16-25-22-14-8-7-13-20(22)21(17-18-9-3-1-4-10-18)23-19-11-5-2-6-12-19/h1,3-4,7-10,13-14,19,21,23-24H,2,5-6,11-12,15-17H2. The molecular formula is C22H29NO2. The van der Waals surface area contributed by atoms with Crippen molar-refractivity contribution in [3.63, 3.8) is 0 Å². The lowest BCUT2D eigenvalue weighted by atomic mass is 9.92. The Bertz CT molecular complexity index is 623. The molecule has 3 nitrogen and oxygen atoms in total. The molecule has 0 heterocycles. The van der Waals surface area contributed by atoms with Crippen LogP contribution in [0.15, 0.2) is 54.6 Å². The Morgan fingerprint density at radius 3 is 2.44 bits per heavy atom. The van der Waals surface area contributed by atoms with E-state index >= 15 is 0 Å². The Labute approximate surface area is 151 Å². The van der Waals surface area contributed by atoms with E-state index in [1.165, 1.54) is 43.2 Å². The van der Waals surface area contributed by atoms with Gasteiger partial charge in [0, 0.05) is 17.6 Å². The molecular weight excluding hydrogens is 310 g/mol. The monoisotopic (exact) mass is 339 g/mol. The van der Waals surface area contributed by atoms with Crippen molar-refractivity contribution in [3.8, 4) is 5.75 Å². The first-order chi connectivity index (χ1) is 12.4. The second kappa shape index (κ2) is 9.59. The summed E-state index contributed by atoms with van der Waals surface area (Å²) in [6.07, 6.45) is 7.45. The molecule has 1 aliphatic carbocycles. The average Bonchev–Trinajstić information content (AvgIpc) is 2.68. The average molecular weight is 339 g/mol. The van der Waals surface area contributed by atoms with Crippen molar-refractivity contribution in [3.05, 3.63) is 65.7 Å². The predicted molar refractivity (Wildman–Crippen MR) is 102 cm³/mol. The Kier molecular flexibility index (Phi) is 6.89. The molecule has 0 amide bonds. The fraction of sp³-hybridized carbons (Fsp3) is 0.455. The van der Waals surface area contributed by atoms with Gasteiger partial charge in [0.05, 0.1) is 6.61 Å². The van der Waals surface area contributed by atoms with Crippen molar-refractivity contribution in [1.29, 1.82) is 0 Å². The fourth-order valence-corrected chi connectivity index (χ4v) is 3.72. The topological polar surface area (TPSA) is 41.5 Å². The van der Waals surface area contributed by atoms with Gasteiger partial charge in [0.1, 0.15) is 12.4 Å². The summed E-state index contributed by atoms with van der Waals surface area (Å²) in [7, 11) is 0. The zero-order chi connectivity index (χ0) is 17.3. The van der Waals surface area contributed by atoms with Crippen LogP contribution < -0.4 is 10.1 Å². The maximum Gasteiger partial charge on any atom is 0.124 e. The van der Waals surface area contributed by atoms with Gasteiger partial charge in [-0.3, -0.25) is 0 Å². The summed E-state index contributed by atoms with van der Waals surface area (Å²) in [6, 6.07) is 19.7. The molecule has 25 heavy (non-hydrogen) atoms. The predicted octanol–water partition coefficient (Wildman–Crippen LogP) is 4.26. The normalized spacial score (nSPS) is 16.5. The van der Waals surface area contributed by atoms with Gasteiger partial charge in [-0.2, -0.15) is 0 Å². The lowest BCUT2D eigenvalue weighted by molar-refractivity contribution is 0.198. The number of rotatable bonds is 8. The van der Waals surface area contributed by atoms with E-state index in [1.54, 1.807) is 0 Å². The largest absolute Gasteiger partial charge is 0.491 e. The summed E-state index contributed by atoms with van der Waals surface area (Å²) >= 11 is 0. The summed E-state index contributed by atoms with van der Waals surface area (Å²) in [4.78, 5) is 0. The van der Waals surface area contributed by atoms with Crippen molar-refractivity contribution in [1.82, 2.24) is 5.32 Å². The number of ether oxygens (including phenoxy) is 1. The minimum absolute atomic E-state index is 0.0355. The van der Waals surface area contributed by atoms with Crippen LogP contribution in [0.1, 0.15) is 49.3 Å². The molecule has 2 aromatic carbocycles. The number of aliphatic hydroxyl groups excluding tert-OH is 1. The second-order valence-corrected chi connectivity index (χ2v) is 6.85. The smallest absolute Gasteiger partial charge is 0.124 e. The van der Waals surface area contributed by atoms with Crippen molar-refractivity contribution in [2.75, 3.05) is 13.2 Å². The van der Waals surface area contributed by atoms with Crippen molar-refractivity contribution >= 4 is 0 Å². The molecule has 0 spiro atoms. The summed E-state index contributed by atoms with van der Waals surface area (Å²) in [6.45, 7) is 0.367. The van der Waals surface area contributed by atoms with E-state index in [0.717, 1.165) is 12.2 Å². The van der Waals surface area contributed by atoms with Gasteiger partial charge < -0.3 is 15.2 Å². The van der Waals surface area contributed by atoms with Crippen LogP contribution in [-0.4, -0.2) is 24.4 Å². The van der Waals surface area contributed by atoms with Crippen molar-refractivity contribution in [2.24, 2.45) is 0 Å². The zero-order valence-corrected chi connectivity index (χ0v) is 14.9. The van der Waals surface area contributed by atoms with E-state index in [0.29, 0.717) is 12.6 Å². The van der Waals surface area contributed by atoms with Crippen LogP contribution in [0.3, 0.4) is 0 Å². The highest BCUT2D eigenvalue weighted by atomic mass is 16.5. The number of benzene rings is 2. The number of para-hydroxylation sites is 1. The molecule has 1 atom stereocenters. The van der Waals surface area contributed by atoms with Crippen molar-refractivity contribution in [2.45, 2.75) is 50.6 Å². The highest BCUT2D eigenvalue weighted by molar-refractivity contribution is 5.37. The molecule has 0 bridgehead atoms. The molecule has 0 saturated heterocycles. The minimum Gasteiger partial charge on any atom is -0.491 e. The lowest BCUT2D eigenvalue weighted by Crippen LogP contribution is -2.35. The van der Waals surface area contributed by atoms with Crippen LogP contribution in [0.2, 0.25) is 0 Å². The Morgan fingerprint density at radius 2 is 1.68 bits per heavy atom. The molecule has 0 aliphatic heterocycles. The van der Waals surface area contributed by atoms with Gasteiger partial charge in [-0.15, -0.1) is 0 Å². The third-order valence-corrected chi connectivity index (χ3v) is 4.97. The van der Waals surface area contributed by atoms with E-state index in [2.05, 4.69) is 47.8 Å². The van der Waals surface area contributed by atoms with Crippen molar-refractivity contribution < 1.29 is 9.84 Å². The molecule has 1 fully saturated rings. The first kappa shape index (κ1) is 18.0. The van der Waals surface area contributed by atoms with Crippen LogP contribution in [0, 0.1) is 0 Å². The molecule has 1 aliphatic rings. The maximum absolute atomic E-state index is 9.11. The molecule has 3 heteroatoms. The molecule has 0 aromatic heterocycles. The van der Waals surface area contributed by atoms with Crippen LogP contribution in [-0.2, 0) is 6.42 Å². The second-order valence-electron chi connectivity index (χ2n) is 6.85. The van der Waals surface area contributed by atoms with Gasteiger partial charge in [-0.1, -0.05) is 67.8 Å². The fourth-order valence-electron chi connectivity index (χ4n) is 3.72. The van der Waals surface area contributed by atoms with Crippen LogP contribution in [0.25, 0.3) is 0 Å². The van der Waals surface area contributed by atoms with Crippen LogP contribution in [0.5, 0.6) is 5.75 Å². The van der Waals surface area contributed by atoms with Gasteiger partial charge in [-0.05, 0) is 30.9 Å². The maximum atomic E-state index is 9.11. The van der Waals surface area contributed by atoms with E-state index in [9.17, 15) is 0 Å². The molecule has 3 rings (SSSR count). The van der Waals surface area contributed by atoms with Gasteiger partial charge in [0.25, 0.3) is 0 Å². The third kappa shape index (κ3) is 5.32. The lowest BCUT2D eigenvalue weighted by Gasteiger charge is -2.30. The number of aliphatic hydroxyl groups is 1. The van der Waals surface area contributed by atoms with E-state index in [1.807, 2.05) is 12.1 Å². The van der Waals surface area contributed by atoms with Crippen LogP contribution in [0.4, 0.5) is 0 Å². The third-order valence-electron chi connectivity index (χ3n) is 4.97. The first-order valence-corrected chi connectivity index (χ1v) is 9.49. The minimum atomic E-state index is 0.0355. The molecule has 2 N–H and O–H groups in total. The van der Waals surface area contributed by atoms with Gasteiger partial charge >= 0.3 is 0 Å². The summed E-state index contributed by atoms with van der Waals surface area (Å²) in [5, 5.41) is 13.0. The summed E-state index contributed by atoms with van der Waals surface area (Å²) < 4.78 is 5.80. The number of hydrogen-bond donors (Lipinski definition) is 2. The quantitative estimate of drug-likeness (QED) is 0.755. The summed E-state index contributed by atoms with van der Waals surface area (Å²) in [5.74, 6) is 0.876. The van der Waals surface area contributed by atoms with Crippen LogP contribution >= 0.6 is 0 Å². The van der Waals surface area contributed by atoms with E-state index in [4.69, 9.17) is 9.84 Å². The Morgan fingerprint density at radius 1 is 0.960 bits per heavy atom. The highest BCUT2D eigenvalue weighted by Crippen LogP contribution is 2.30. The SMILES string of the molecule is OCCOc1ccccc1C(Cc1ccccc1)NC1CCCCC1. The van der Waals surface area contributed by atoms with Gasteiger partial charge in [0.2, 0.25) is 0 Å². The number of hydrogen-bond acceptors (Lipinski definition) is 3. The molecule has 2 aromatic rings. The molecule has 1 saturated carbocycles. The number of nitrogens with one attached hydrogen (secondary N) is 1. The van der Waals surface area contributed by atoms with Gasteiger partial charge in [0.15, 0.2) is 0 Å². The Hall–Kier alpha value is -1.84. The zero-order valence-electron chi connectivity index (χ0n) is 14.9. The molecule has 134 valence electrons. The van der Waals surface area contributed by atoms with E-state index in [-0.39, 0.29) is 12.6 Å².